The van der Waals surface area contributed by atoms with Crippen LogP contribution in [0.5, 0.6) is 0 Å². The first-order chi connectivity index (χ1) is 9.15. The van der Waals surface area contributed by atoms with Gasteiger partial charge in [0.25, 0.3) is 0 Å². The second-order valence-electron chi connectivity index (χ2n) is 4.12. The summed E-state index contributed by atoms with van der Waals surface area (Å²) in [5, 5.41) is 6.31. The lowest BCUT2D eigenvalue weighted by Crippen LogP contribution is -2.28. The fourth-order valence-electron chi connectivity index (χ4n) is 1.52. The lowest BCUT2D eigenvalue weighted by Gasteiger charge is -2.10. The molecule has 0 aliphatic carbocycles. The first kappa shape index (κ1) is 13.4. The van der Waals surface area contributed by atoms with Crippen LogP contribution in [0.2, 0.25) is 0 Å². The Labute approximate surface area is 116 Å². The zero-order valence-electron chi connectivity index (χ0n) is 10.5. The molecule has 2 rings (SSSR count). The van der Waals surface area contributed by atoms with Crippen molar-refractivity contribution in [2.24, 2.45) is 0 Å². The summed E-state index contributed by atoms with van der Waals surface area (Å²) in [6.07, 6.45) is 1.75. The summed E-state index contributed by atoms with van der Waals surface area (Å²) in [6, 6.07) is 10.4. The number of hydrogen-bond donors (Lipinski definition) is 2. The minimum atomic E-state index is -0.244. The third kappa shape index (κ3) is 3.99. The monoisotopic (exact) mass is 275 g/mol. The van der Waals surface area contributed by atoms with Crippen molar-refractivity contribution in [3.05, 3.63) is 59.5 Å². The Kier molecular flexibility index (Phi) is 4.41. The van der Waals surface area contributed by atoms with Gasteiger partial charge < -0.3 is 10.6 Å². The van der Waals surface area contributed by atoms with E-state index in [1.54, 1.807) is 24.4 Å². The molecule has 19 heavy (non-hydrogen) atoms. The molecule has 5 heteroatoms. The van der Waals surface area contributed by atoms with Crippen LogP contribution in [0.25, 0.3) is 0 Å². The third-order valence-electron chi connectivity index (χ3n) is 2.55. The molecule has 3 nitrogen and oxygen atoms in total. The highest BCUT2D eigenvalue weighted by molar-refractivity contribution is 7.80. The van der Waals surface area contributed by atoms with E-state index in [0.717, 1.165) is 5.56 Å². The first-order valence-electron chi connectivity index (χ1n) is 5.86. The van der Waals surface area contributed by atoms with E-state index in [2.05, 4.69) is 15.6 Å². The molecule has 0 spiro atoms. The van der Waals surface area contributed by atoms with E-state index in [1.807, 2.05) is 19.1 Å². The lowest BCUT2D eigenvalue weighted by molar-refractivity contribution is 0.606. The molecule has 0 amide bonds. The van der Waals surface area contributed by atoms with Gasteiger partial charge in [0.1, 0.15) is 11.6 Å². The van der Waals surface area contributed by atoms with Crippen molar-refractivity contribution in [1.29, 1.82) is 0 Å². The summed E-state index contributed by atoms with van der Waals surface area (Å²) in [5.41, 5.74) is 1.65. The first-order valence-corrected chi connectivity index (χ1v) is 6.27. The molecule has 1 aromatic carbocycles. The van der Waals surface area contributed by atoms with Crippen molar-refractivity contribution in [3.63, 3.8) is 0 Å². The van der Waals surface area contributed by atoms with E-state index in [-0.39, 0.29) is 5.82 Å². The third-order valence-corrected chi connectivity index (χ3v) is 2.80. The number of nitrogens with zero attached hydrogens (tertiary/aromatic N) is 1. The summed E-state index contributed by atoms with van der Waals surface area (Å²) in [7, 11) is 0. The maximum Gasteiger partial charge on any atom is 0.172 e. The predicted molar refractivity (Wildman–Crippen MR) is 78.4 cm³/mol. The second kappa shape index (κ2) is 6.24. The maximum atomic E-state index is 13.4. The van der Waals surface area contributed by atoms with Gasteiger partial charge in [-0.2, -0.15) is 0 Å². The van der Waals surface area contributed by atoms with Gasteiger partial charge in [-0.3, -0.25) is 0 Å². The SMILES string of the molecule is Cc1ccc(NC(=S)NCc2ccccc2F)nc1. The van der Waals surface area contributed by atoms with E-state index in [1.165, 1.54) is 6.07 Å². The van der Waals surface area contributed by atoms with Crippen LogP contribution in [0.1, 0.15) is 11.1 Å². The number of halogens is 1. The smallest absolute Gasteiger partial charge is 0.172 e. The zero-order valence-corrected chi connectivity index (χ0v) is 11.3. The molecule has 0 aliphatic rings. The van der Waals surface area contributed by atoms with Gasteiger partial charge in [0.05, 0.1) is 0 Å². The van der Waals surface area contributed by atoms with E-state index in [4.69, 9.17) is 12.2 Å². The van der Waals surface area contributed by atoms with Gasteiger partial charge in [0.2, 0.25) is 0 Å². The summed E-state index contributed by atoms with van der Waals surface area (Å²) in [4.78, 5) is 4.18. The van der Waals surface area contributed by atoms with E-state index in [0.29, 0.717) is 23.0 Å². The second-order valence-corrected chi connectivity index (χ2v) is 4.53. The van der Waals surface area contributed by atoms with Gasteiger partial charge in [0, 0.05) is 18.3 Å². The van der Waals surface area contributed by atoms with Gasteiger partial charge in [-0.05, 0) is 36.8 Å². The molecule has 2 N–H and O–H groups in total. The van der Waals surface area contributed by atoms with Crippen LogP contribution in [0.3, 0.4) is 0 Å². The van der Waals surface area contributed by atoms with E-state index < -0.39 is 0 Å². The average molecular weight is 275 g/mol. The molecule has 0 aliphatic heterocycles. The molecule has 0 fully saturated rings. The quantitative estimate of drug-likeness (QED) is 0.844. The Hall–Kier alpha value is -2.01. The van der Waals surface area contributed by atoms with E-state index >= 15 is 0 Å². The van der Waals surface area contributed by atoms with Crippen LogP contribution in [-0.4, -0.2) is 10.1 Å². The molecular formula is C14H14FN3S. The van der Waals surface area contributed by atoms with Crippen LogP contribution >= 0.6 is 12.2 Å². The molecule has 1 heterocycles. The highest BCUT2D eigenvalue weighted by Gasteiger charge is 2.02. The molecule has 0 saturated heterocycles. The topological polar surface area (TPSA) is 37.0 Å². The molecule has 2 aromatic rings. The van der Waals surface area contributed by atoms with Crippen molar-refractivity contribution in [2.45, 2.75) is 13.5 Å². The Balaban J connectivity index is 1.88. The van der Waals surface area contributed by atoms with Crippen LogP contribution in [-0.2, 0) is 6.54 Å². The Bertz CT molecular complexity index is 569. The lowest BCUT2D eigenvalue weighted by atomic mass is 10.2. The maximum absolute atomic E-state index is 13.4. The molecule has 0 bridgehead atoms. The van der Waals surface area contributed by atoms with E-state index in [9.17, 15) is 4.39 Å². The molecule has 0 radical (unpaired) electrons. The van der Waals surface area contributed by atoms with Crippen molar-refractivity contribution in [2.75, 3.05) is 5.32 Å². The van der Waals surface area contributed by atoms with Crippen LogP contribution in [0.15, 0.2) is 42.6 Å². The highest BCUT2D eigenvalue weighted by Crippen LogP contribution is 2.06. The minimum absolute atomic E-state index is 0.244. The molecular weight excluding hydrogens is 261 g/mol. The number of anilines is 1. The van der Waals surface area contributed by atoms with Crippen LogP contribution < -0.4 is 10.6 Å². The number of pyridine rings is 1. The predicted octanol–water partition coefficient (Wildman–Crippen LogP) is 3.02. The van der Waals surface area contributed by atoms with Crippen LogP contribution in [0.4, 0.5) is 10.2 Å². The Morgan fingerprint density at radius 2 is 2.05 bits per heavy atom. The van der Waals surface area contributed by atoms with Gasteiger partial charge in [-0.1, -0.05) is 24.3 Å². The van der Waals surface area contributed by atoms with Crippen molar-refractivity contribution in [3.8, 4) is 0 Å². The largest absolute Gasteiger partial charge is 0.358 e. The zero-order chi connectivity index (χ0) is 13.7. The number of aryl methyl sites for hydroxylation is 1. The van der Waals surface area contributed by atoms with Crippen molar-refractivity contribution in [1.82, 2.24) is 10.3 Å². The standard InChI is InChI=1S/C14H14FN3S/c1-10-6-7-13(16-8-10)18-14(19)17-9-11-4-2-3-5-12(11)15/h2-8H,9H2,1H3,(H2,16,17,18,19). The molecule has 0 unspecified atom stereocenters. The molecule has 1 aromatic heterocycles. The van der Waals surface area contributed by atoms with Gasteiger partial charge in [-0.25, -0.2) is 9.37 Å². The molecule has 0 saturated carbocycles. The summed E-state index contributed by atoms with van der Waals surface area (Å²) in [5.74, 6) is 0.419. The van der Waals surface area contributed by atoms with Crippen molar-refractivity contribution >= 4 is 23.1 Å². The number of hydrogen-bond acceptors (Lipinski definition) is 2. The summed E-state index contributed by atoms with van der Waals surface area (Å²) in [6.45, 7) is 2.30. The summed E-state index contributed by atoms with van der Waals surface area (Å²) >= 11 is 5.13. The average Bonchev–Trinajstić information content (AvgIpc) is 2.40. The molecule has 98 valence electrons. The summed E-state index contributed by atoms with van der Waals surface area (Å²) < 4.78 is 13.4. The van der Waals surface area contributed by atoms with Gasteiger partial charge >= 0.3 is 0 Å². The Morgan fingerprint density at radius 1 is 1.26 bits per heavy atom. The highest BCUT2D eigenvalue weighted by atomic mass is 32.1. The van der Waals surface area contributed by atoms with Crippen molar-refractivity contribution < 1.29 is 4.39 Å². The fourth-order valence-corrected chi connectivity index (χ4v) is 1.70. The minimum Gasteiger partial charge on any atom is -0.358 e. The molecule has 0 atom stereocenters. The number of rotatable bonds is 3. The number of aromatic nitrogens is 1. The number of thiocarbonyl (C=S) groups is 1. The number of benzene rings is 1. The Morgan fingerprint density at radius 3 is 2.74 bits per heavy atom. The normalized spacial score (nSPS) is 10.0. The van der Waals surface area contributed by atoms with Gasteiger partial charge in [-0.15, -0.1) is 0 Å². The van der Waals surface area contributed by atoms with Gasteiger partial charge in [0.15, 0.2) is 5.11 Å². The fraction of sp³-hybridized carbons (Fsp3) is 0.143. The number of nitrogens with one attached hydrogen (secondary N) is 2. The van der Waals surface area contributed by atoms with Crippen LogP contribution in [0, 0.1) is 12.7 Å².